The van der Waals surface area contributed by atoms with E-state index in [1.807, 2.05) is 47.5 Å². The maximum atomic E-state index is 13.1. The van der Waals surface area contributed by atoms with Crippen LogP contribution in [-0.2, 0) is 13.0 Å². The smallest absolute Gasteiger partial charge is 0.253 e. The summed E-state index contributed by atoms with van der Waals surface area (Å²) in [7, 11) is 4.22. The van der Waals surface area contributed by atoms with Crippen molar-refractivity contribution in [3.8, 4) is 0 Å². The molecule has 34 heavy (non-hydrogen) atoms. The van der Waals surface area contributed by atoms with Gasteiger partial charge >= 0.3 is 0 Å². The molecule has 4 aromatic rings. The topological polar surface area (TPSA) is 68.4 Å². The Kier molecular flexibility index (Phi) is 6.30. The van der Waals surface area contributed by atoms with Crippen LogP contribution in [0.3, 0.4) is 0 Å². The van der Waals surface area contributed by atoms with Crippen LogP contribution in [0.15, 0.2) is 48.7 Å². The van der Waals surface area contributed by atoms with Crippen molar-refractivity contribution in [2.75, 3.05) is 46.8 Å². The number of amides is 1. The van der Waals surface area contributed by atoms with Crippen molar-refractivity contribution in [3.63, 3.8) is 0 Å². The number of likely N-dealkylation sites (N-methyl/N-ethyl adjacent to an activating group) is 2. The molecular formula is C27H32N6O. The average Bonchev–Trinajstić information content (AvgIpc) is 3.16. The van der Waals surface area contributed by atoms with Crippen LogP contribution in [0.2, 0.25) is 0 Å². The monoisotopic (exact) mass is 456 g/mol. The number of aromatic amines is 1. The predicted molar refractivity (Wildman–Crippen MR) is 136 cm³/mol. The number of aromatic nitrogens is 3. The normalized spacial score (nSPS) is 15.0. The molecule has 0 radical (unpaired) electrons. The molecule has 0 bridgehead atoms. The third-order valence-electron chi connectivity index (χ3n) is 6.83. The van der Waals surface area contributed by atoms with E-state index >= 15 is 0 Å². The van der Waals surface area contributed by atoms with Crippen LogP contribution in [0, 0.1) is 6.92 Å². The molecule has 0 unspecified atom stereocenters. The molecule has 2 aromatic heterocycles. The number of nitrogens with one attached hydrogen (secondary N) is 1. The summed E-state index contributed by atoms with van der Waals surface area (Å²) in [4.78, 5) is 32.4. The van der Waals surface area contributed by atoms with E-state index in [1.54, 1.807) is 0 Å². The summed E-state index contributed by atoms with van der Waals surface area (Å²) in [6, 6.07) is 14.0. The highest BCUT2D eigenvalue weighted by Gasteiger charge is 2.21. The SMILES string of the molecule is Cc1[nH]c2ccc(C(=O)N3CCN(C)CC3)cc2c1CCN(C)Cc1cnc2ccccc2n1. The molecule has 1 fully saturated rings. The number of H-pyrrole nitrogens is 1. The highest BCUT2D eigenvalue weighted by atomic mass is 16.2. The van der Waals surface area contributed by atoms with Crippen LogP contribution < -0.4 is 0 Å². The third kappa shape index (κ3) is 4.67. The number of piperazine rings is 1. The molecule has 0 spiro atoms. The van der Waals surface area contributed by atoms with Crippen molar-refractivity contribution in [1.82, 2.24) is 29.7 Å². The summed E-state index contributed by atoms with van der Waals surface area (Å²) >= 11 is 0. The zero-order chi connectivity index (χ0) is 23.7. The fraction of sp³-hybridized carbons (Fsp3) is 0.370. The molecule has 1 aliphatic rings. The van der Waals surface area contributed by atoms with Crippen LogP contribution in [0.5, 0.6) is 0 Å². The molecule has 3 heterocycles. The van der Waals surface area contributed by atoms with Crippen LogP contribution in [0.4, 0.5) is 0 Å². The fourth-order valence-corrected chi connectivity index (χ4v) is 4.76. The number of carbonyl (C=O) groups excluding carboxylic acids is 1. The van der Waals surface area contributed by atoms with Crippen molar-refractivity contribution in [3.05, 3.63) is 71.2 Å². The highest BCUT2D eigenvalue weighted by molar-refractivity contribution is 5.99. The first kappa shape index (κ1) is 22.5. The highest BCUT2D eigenvalue weighted by Crippen LogP contribution is 2.25. The van der Waals surface area contributed by atoms with Crippen LogP contribution in [0.1, 0.15) is 27.3 Å². The van der Waals surface area contributed by atoms with Crippen molar-refractivity contribution < 1.29 is 4.79 Å². The Morgan fingerprint density at radius 3 is 2.65 bits per heavy atom. The van der Waals surface area contributed by atoms with Gasteiger partial charge in [0.05, 0.1) is 22.9 Å². The molecule has 0 aliphatic carbocycles. The Balaban J connectivity index is 1.29. The van der Waals surface area contributed by atoms with Gasteiger partial charge in [-0.05, 0) is 63.3 Å². The maximum absolute atomic E-state index is 13.1. The number of hydrogen-bond acceptors (Lipinski definition) is 5. The Morgan fingerprint density at radius 2 is 1.85 bits per heavy atom. The molecule has 0 saturated carbocycles. The van der Waals surface area contributed by atoms with Crippen molar-refractivity contribution in [1.29, 1.82) is 0 Å². The summed E-state index contributed by atoms with van der Waals surface area (Å²) in [5.74, 6) is 0.131. The fourth-order valence-electron chi connectivity index (χ4n) is 4.76. The number of para-hydroxylation sites is 2. The lowest BCUT2D eigenvalue weighted by Gasteiger charge is -2.32. The number of rotatable bonds is 6. The van der Waals surface area contributed by atoms with Gasteiger partial charge in [0.1, 0.15) is 0 Å². The van der Waals surface area contributed by atoms with E-state index in [9.17, 15) is 4.79 Å². The average molecular weight is 457 g/mol. The van der Waals surface area contributed by atoms with Gasteiger partial charge < -0.3 is 19.7 Å². The lowest BCUT2D eigenvalue weighted by Crippen LogP contribution is -2.47. The van der Waals surface area contributed by atoms with Gasteiger partial charge in [-0.15, -0.1) is 0 Å². The van der Waals surface area contributed by atoms with Crippen LogP contribution >= 0.6 is 0 Å². The Bertz CT molecular complexity index is 1320. The van der Waals surface area contributed by atoms with Gasteiger partial charge in [0, 0.05) is 61.4 Å². The van der Waals surface area contributed by atoms with Crippen molar-refractivity contribution >= 4 is 27.8 Å². The molecule has 5 rings (SSSR count). The summed E-state index contributed by atoms with van der Waals surface area (Å²) in [6.45, 7) is 7.17. The van der Waals surface area contributed by atoms with E-state index in [0.717, 1.165) is 84.6 Å². The zero-order valence-corrected chi connectivity index (χ0v) is 20.2. The molecular weight excluding hydrogens is 424 g/mol. The second-order valence-electron chi connectivity index (χ2n) is 9.42. The summed E-state index contributed by atoms with van der Waals surface area (Å²) in [5.41, 5.74) is 7.13. The van der Waals surface area contributed by atoms with Crippen LogP contribution in [0.25, 0.3) is 21.9 Å². The number of nitrogens with zero attached hydrogens (tertiary/aromatic N) is 5. The minimum Gasteiger partial charge on any atom is -0.358 e. The largest absolute Gasteiger partial charge is 0.358 e. The number of fused-ring (bicyclic) bond motifs is 2. The van der Waals surface area contributed by atoms with E-state index in [-0.39, 0.29) is 5.91 Å². The van der Waals surface area contributed by atoms with E-state index in [4.69, 9.17) is 4.98 Å². The van der Waals surface area contributed by atoms with Gasteiger partial charge in [0.15, 0.2) is 0 Å². The standard InChI is InChI=1S/C27H32N6O/c1-19-22(10-11-32(3)18-21-17-28-25-6-4-5-7-26(25)30-21)23-16-20(8-9-24(23)29-19)27(34)33-14-12-31(2)13-15-33/h4-9,16-17,29H,10-15,18H2,1-3H3. The van der Waals surface area contributed by atoms with Gasteiger partial charge in [-0.3, -0.25) is 9.78 Å². The lowest BCUT2D eigenvalue weighted by atomic mass is 10.0. The van der Waals surface area contributed by atoms with Gasteiger partial charge in [0.2, 0.25) is 0 Å². The molecule has 2 aromatic carbocycles. The summed E-state index contributed by atoms with van der Waals surface area (Å²) < 4.78 is 0. The first-order valence-electron chi connectivity index (χ1n) is 12.0. The van der Waals surface area contributed by atoms with E-state index in [1.165, 1.54) is 5.56 Å². The Morgan fingerprint density at radius 1 is 1.09 bits per heavy atom. The first-order valence-corrected chi connectivity index (χ1v) is 12.0. The molecule has 1 amide bonds. The maximum Gasteiger partial charge on any atom is 0.253 e. The van der Waals surface area contributed by atoms with E-state index in [0.29, 0.717) is 0 Å². The van der Waals surface area contributed by atoms with Gasteiger partial charge in [-0.2, -0.15) is 0 Å². The molecule has 7 heteroatoms. The first-order chi connectivity index (χ1) is 16.5. The molecule has 1 saturated heterocycles. The molecule has 176 valence electrons. The Hall–Kier alpha value is -3.29. The lowest BCUT2D eigenvalue weighted by molar-refractivity contribution is 0.0664. The second kappa shape index (κ2) is 9.52. The van der Waals surface area contributed by atoms with Gasteiger partial charge in [-0.25, -0.2) is 4.98 Å². The molecule has 1 N–H and O–H groups in total. The van der Waals surface area contributed by atoms with Crippen molar-refractivity contribution in [2.24, 2.45) is 0 Å². The summed E-state index contributed by atoms with van der Waals surface area (Å²) in [5, 5.41) is 1.15. The number of hydrogen-bond donors (Lipinski definition) is 1. The minimum atomic E-state index is 0.131. The second-order valence-corrected chi connectivity index (χ2v) is 9.42. The number of carbonyl (C=O) groups is 1. The van der Waals surface area contributed by atoms with Gasteiger partial charge in [-0.1, -0.05) is 12.1 Å². The summed E-state index contributed by atoms with van der Waals surface area (Å²) in [6.07, 6.45) is 2.77. The van der Waals surface area contributed by atoms with E-state index < -0.39 is 0 Å². The predicted octanol–water partition coefficient (Wildman–Crippen LogP) is 3.48. The molecule has 0 atom stereocenters. The Labute approximate surface area is 200 Å². The number of benzene rings is 2. The molecule has 1 aliphatic heterocycles. The van der Waals surface area contributed by atoms with E-state index in [2.05, 4.69) is 46.9 Å². The van der Waals surface area contributed by atoms with Gasteiger partial charge in [0.25, 0.3) is 5.91 Å². The van der Waals surface area contributed by atoms with Crippen LogP contribution in [-0.4, -0.2) is 82.4 Å². The number of aryl methyl sites for hydroxylation is 1. The van der Waals surface area contributed by atoms with Crippen molar-refractivity contribution in [2.45, 2.75) is 19.9 Å². The quantitative estimate of drug-likeness (QED) is 0.481. The minimum absolute atomic E-state index is 0.131. The third-order valence-corrected chi connectivity index (χ3v) is 6.83. The molecule has 7 nitrogen and oxygen atoms in total. The zero-order valence-electron chi connectivity index (χ0n) is 20.2.